The second kappa shape index (κ2) is 10.7. The van der Waals surface area contributed by atoms with Gasteiger partial charge in [-0.15, -0.1) is 22.0 Å². The minimum absolute atomic E-state index is 0.0874. The molecule has 0 bridgehead atoms. The maximum Gasteiger partial charge on any atom is 0.234 e. The number of hydrogen-bond donors (Lipinski definition) is 1. The topological polar surface area (TPSA) is 59.8 Å². The molecule has 0 aliphatic heterocycles. The predicted octanol–water partition coefficient (Wildman–Crippen LogP) is 6.10. The van der Waals surface area contributed by atoms with Crippen LogP contribution in [0.2, 0.25) is 5.02 Å². The summed E-state index contributed by atoms with van der Waals surface area (Å²) < 4.78 is 2.03. The van der Waals surface area contributed by atoms with Gasteiger partial charge in [0.25, 0.3) is 0 Å². The van der Waals surface area contributed by atoms with E-state index in [9.17, 15) is 4.79 Å². The first-order valence-electron chi connectivity index (χ1n) is 9.92. The fourth-order valence-corrected chi connectivity index (χ4v) is 4.47. The lowest BCUT2D eigenvalue weighted by Crippen LogP contribution is -2.15. The zero-order valence-corrected chi connectivity index (χ0v) is 19.8. The molecule has 0 saturated carbocycles. The summed E-state index contributed by atoms with van der Waals surface area (Å²) >= 11 is 9.06. The highest BCUT2D eigenvalue weighted by molar-refractivity contribution is 7.99. The number of anilines is 1. The molecule has 1 N–H and O–H groups in total. The third-order valence-electron chi connectivity index (χ3n) is 4.69. The molecule has 32 heavy (non-hydrogen) atoms. The molecule has 5 nitrogen and oxygen atoms in total. The predicted molar refractivity (Wildman–Crippen MR) is 134 cm³/mol. The van der Waals surface area contributed by atoms with E-state index in [-0.39, 0.29) is 11.7 Å². The molecule has 1 heterocycles. The molecule has 1 amide bonds. The van der Waals surface area contributed by atoms with Gasteiger partial charge in [-0.3, -0.25) is 9.36 Å². The number of aromatic nitrogens is 3. The van der Waals surface area contributed by atoms with Gasteiger partial charge in [0.1, 0.15) is 0 Å². The van der Waals surface area contributed by atoms with Crippen LogP contribution in [0.3, 0.4) is 0 Å². The summed E-state index contributed by atoms with van der Waals surface area (Å²) in [5, 5.41) is 13.1. The van der Waals surface area contributed by atoms with Crippen LogP contribution >= 0.6 is 35.1 Å². The second-order valence-electron chi connectivity index (χ2n) is 6.95. The van der Waals surface area contributed by atoms with Crippen LogP contribution in [-0.2, 0) is 11.3 Å². The molecule has 0 atom stereocenters. The van der Waals surface area contributed by atoms with Gasteiger partial charge < -0.3 is 5.32 Å². The van der Waals surface area contributed by atoms with Gasteiger partial charge in [-0.05, 0) is 54.3 Å². The van der Waals surface area contributed by atoms with Crippen molar-refractivity contribution < 1.29 is 4.79 Å². The van der Waals surface area contributed by atoms with Gasteiger partial charge in [-0.25, -0.2) is 0 Å². The van der Waals surface area contributed by atoms with Crippen molar-refractivity contribution >= 4 is 46.7 Å². The minimum Gasteiger partial charge on any atom is -0.325 e. The van der Waals surface area contributed by atoms with E-state index in [2.05, 4.69) is 27.6 Å². The highest BCUT2D eigenvalue weighted by atomic mass is 35.5. The maximum atomic E-state index is 12.6. The third kappa shape index (κ3) is 5.73. The molecule has 0 unspecified atom stereocenters. The second-order valence-corrected chi connectivity index (χ2v) is 9.21. The van der Waals surface area contributed by atoms with Gasteiger partial charge in [0.15, 0.2) is 11.0 Å². The van der Waals surface area contributed by atoms with Gasteiger partial charge >= 0.3 is 0 Å². The van der Waals surface area contributed by atoms with Crippen molar-refractivity contribution in [1.29, 1.82) is 0 Å². The summed E-state index contributed by atoms with van der Waals surface area (Å²) in [4.78, 5) is 13.7. The van der Waals surface area contributed by atoms with Crippen molar-refractivity contribution in [1.82, 2.24) is 14.8 Å². The lowest BCUT2D eigenvalue weighted by atomic mass is 10.2. The monoisotopic (exact) mass is 480 g/mol. The van der Waals surface area contributed by atoms with E-state index < -0.39 is 0 Å². The standard InChI is InChI=1S/C24H21ClN4OS2/c1-31-21-9-5-8-20(14-21)26-22(30)16-32-24-28-27-23(18-10-12-19(25)13-11-18)29(24)15-17-6-3-2-4-7-17/h2-14H,15-16H2,1H3,(H,26,30). The van der Waals surface area contributed by atoms with Crippen LogP contribution in [-0.4, -0.2) is 32.7 Å². The Bertz CT molecular complexity index is 1200. The Kier molecular flexibility index (Phi) is 7.52. The number of hydrogen-bond acceptors (Lipinski definition) is 5. The van der Waals surface area contributed by atoms with Gasteiger partial charge in [-0.2, -0.15) is 0 Å². The average Bonchev–Trinajstić information content (AvgIpc) is 3.21. The minimum atomic E-state index is -0.0874. The molecular formula is C24H21ClN4OS2. The Morgan fingerprint density at radius 2 is 1.78 bits per heavy atom. The highest BCUT2D eigenvalue weighted by Crippen LogP contribution is 2.27. The van der Waals surface area contributed by atoms with Crippen LogP contribution in [0.4, 0.5) is 5.69 Å². The van der Waals surface area contributed by atoms with Crippen molar-refractivity contribution in [3.8, 4) is 11.4 Å². The van der Waals surface area contributed by atoms with Crippen LogP contribution in [0.1, 0.15) is 5.56 Å². The first-order valence-corrected chi connectivity index (χ1v) is 12.5. The zero-order valence-electron chi connectivity index (χ0n) is 17.4. The molecule has 4 aromatic rings. The van der Waals surface area contributed by atoms with E-state index in [1.807, 2.05) is 77.6 Å². The van der Waals surface area contributed by atoms with Crippen LogP contribution in [0, 0.1) is 0 Å². The number of amides is 1. The molecule has 3 aromatic carbocycles. The first-order chi connectivity index (χ1) is 15.6. The number of thioether (sulfide) groups is 2. The van der Waals surface area contributed by atoms with Gasteiger partial charge in [-0.1, -0.05) is 59.8 Å². The number of rotatable bonds is 8. The SMILES string of the molecule is CSc1cccc(NC(=O)CSc2nnc(-c3ccc(Cl)cc3)n2Cc2ccccc2)c1. The number of carbonyl (C=O) groups is 1. The van der Waals surface area contributed by atoms with Crippen molar-refractivity contribution in [2.75, 3.05) is 17.3 Å². The number of nitrogens with one attached hydrogen (secondary N) is 1. The molecule has 0 aliphatic rings. The fraction of sp³-hybridized carbons (Fsp3) is 0.125. The highest BCUT2D eigenvalue weighted by Gasteiger charge is 2.16. The Morgan fingerprint density at radius 3 is 2.53 bits per heavy atom. The normalized spacial score (nSPS) is 10.8. The third-order valence-corrected chi connectivity index (χ3v) is 6.63. The summed E-state index contributed by atoms with van der Waals surface area (Å²) in [5.74, 6) is 0.883. The smallest absolute Gasteiger partial charge is 0.234 e. The Balaban J connectivity index is 1.53. The Labute approximate surface area is 200 Å². The number of halogens is 1. The Hall–Kier alpha value is -2.74. The van der Waals surface area contributed by atoms with Crippen molar-refractivity contribution in [2.24, 2.45) is 0 Å². The lowest BCUT2D eigenvalue weighted by molar-refractivity contribution is -0.113. The number of benzene rings is 3. The van der Waals surface area contributed by atoms with Crippen LogP contribution in [0.15, 0.2) is 88.9 Å². The summed E-state index contributed by atoms with van der Waals surface area (Å²) in [7, 11) is 0. The Morgan fingerprint density at radius 1 is 1.00 bits per heavy atom. The van der Waals surface area contributed by atoms with E-state index >= 15 is 0 Å². The maximum absolute atomic E-state index is 12.6. The van der Waals surface area contributed by atoms with E-state index in [1.165, 1.54) is 11.8 Å². The summed E-state index contributed by atoms with van der Waals surface area (Å²) in [6.07, 6.45) is 2.01. The molecule has 4 rings (SSSR count). The fourth-order valence-electron chi connectivity index (χ4n) is 3.14. The van der Waals surface area contributed by atoms with Gasteiger partial charge in [0.2, 0.25) is 5.91 Å². The molecular weight excluding hydrogens is 460 g/mol. The largest absolute Gasteiger partial charge is 0.325 e. The molecule has 0 aliphatic carbocycles. The van der Waals surface area contributed by atoms with Gasteiger partial charge in [0, 0.05) is 21.2 Å². The van der Waals surface area contributed by atoms with Crippen molar-refractivity contribution in [2.45, 2.75) is 16.6 Å². The first kappa shape index (κ1) is 22.5. The van der Waals surface area contributed by atoms with Crippen molar-refractivity contribution in [3.63, 3.8) is 0 Å². The molecule has 0 spiro atoms. The van der Waals surface area contributed by atoms with Gasteiger partial charge in [0.05, 0.1) is 12.3 Å². The molecule has 0 fully saturated rings. The zero-order chi connectivity index (χ0) is 22.3. The molecule has 0 saturated heterocycles. The molecule has 162 valence electrons. The van der Waals surface area contributed by atoms with E-state index in [1.54, 1.807) is 11.8 Å². The van der Waals surface area contributed by atoms with E-state index in [0.29, 0.717) is 16.7 Å². The average molecular weight is 481 g/mol. The lowest BCUT2D eigenvalue weighted by Gasteiger charge is -2.11. The molecule has 0 radical (unpaired) electrons. The van der Waals surface area contributed by atoms with E-state index in [4.69, 9.17) is 11.6 Å². The quantitative estimate of drug-likeness (QED) is 0.309. The summed E-state index contributed by atoms with van der Waals surface area (Å²) in [5.41, 5.74) is 2.83. The number of nitrogens with zero attached hydrogens (tertiary/aromatic N) is 3. The summed E-state index contributed by atoms with van der Waals surface area (Å²) in [6, 6.07) is 25.4. The van der Waals surface area contributed by atoms with Crippen LogP contribution in [0.5, 0.6) is 0 Å². The van der Waals surface area contributed by atoms with Crippen LogP contribution < -0.4 is 5.32 Å². The van der Waals surface area contributed by atoms with E-state index in [0.717, 1.165) is 27.5 Å². The number of carbonyl (C=O) groups excluding carboxylic acids is 1. The van der Waals surface area contributed by atoms with Crippen LogP contribution in [0.25, 0.3) is 11.4 Å². The van der Waals surface area contributed by atoms with Crippen molar-refractivity contribution in [3.05, 3.63) is 89.4 Å². The molecule has 1 aromatic heterocycles. The molecule has 8 heteroatoms. The summed E-state index contributed by atoms with van der Waals surface area (Å²) in [6.45, 7) is 0.603.